The van der Waals surface area contributed by atoms with E-state index in [0.29, 0.717) is 55.2 Å². The molecule has 0 saturated heterocycles. The van der Waals surface area contributed by atoms with E-state index < -0.39 is 24.2 Å². The van der Waals surface area contributed by atoms with Gasteiger partial charge in [0.1, 0.15) is 17.8 Å². The number of carbonyl (C=O) groups is 1. The van der Waals surface area contributed by atoms with Crippen LogP contribution in [0.4, 0.5) is 0 Å². The second-order valence-corrected chi connectivity index (χ2v) is 13.2. The second-order valence-electron chi connectivity index (χ2n) is 13.2. The van der Waals surface area contributed by atoms with Crippen molar-refractivity contribution in [2.75, 3.05) is 0 Å². The van der Waals surface area contributed by atoms with Crippen molar-refractivity contribution in [3.8, 4) is 11.3 Å². The Morgan fingerprint density at radius 1 is 0.959 bits per heavy atom. The maximum absolute atomic E-state index is 14.6. The molecule has 0 spiro atoms. The van der Waals surface area contributed by atoms with Crippen LogP contribution in [-0.4, -0.2) is 68.9 Å². The Bertz CT molecular complexity index is 1760. The third-order valence-corrected chi connectivity index (χ3v) is 9.59. The first-order valence-electron chi connectivity index (χ1n) is 17.6. The van der Waals surface area contributed by atoms with Crippen molar-refractivity contribution in [2.45, 2.75) is 102 Å². The zero-order valence-electron chi connectivity index (χ0n) is 28.1. The van der Waals surface area contributed by atoms with Gasteiger partial charge in [-0.2, -0.15) is 0 Å². The molecule has 1 aliphatic carbocycles. The van der Waals surface area contributed by atoms with Crippen molar-refractivity contribution < 1.29 is 15.0 Å². The fraction of sp³-hybridized carbons (Fsp3) is 0.447. The molecular formula is C38H46N8O3. The molecule has 5 heterocycles. The first-order valence-corrected chi connectivity index (χ1v) is 17.6. The average molecular weight is 663 g/mol. The van der Waals surface area contributed by atoms with Gasteiger partial charge in [-0.15, -0.1) is 10.2 Å². The van der Waals surface area contributed by atoms with Crippen LogP contribution in [0.5, 0.6) is 0 Å². The fourth-order valence-electron chi connectivity index (χ4n) is 6.95. The normalized spacial score (nSPS) is 16.2. The lowest BCUT2D eigenvalue weighted by atomic mass is 9.82. The van der Waals surface area contributed by atoms with Gasteiger partial charge in [-0.1, -0.05) is 57.6 Å². The molecule has 256 valence electrons. The van der Waals surface area contributed by atoms with Crippen LogP contribution in [0.2, 0.25) is 0 Å². The number of amides is 1. The smallest absolute Gasteiger partial charge is 0.231 e. The Morgan fingerprint density at radius 3 is 2.49 bits per heavy atom. The molecule has 6 rings (SSSR count). The predicted octanol–water partition coefficient (Wildman–Crippen LogP) is 5.06. The molecule has 0 bridgehead atoms. The summed E-state index contributed by atoms with van der Waals surface area (Å²) in [4.78, 5) is 32.4. The van der Waals surface area contributed by atoms with E-state index in [9.17, 15) is 15.0 Å². The summed E-state index contributed by atoms with van der Waals surface area (Å²) >= 11 is 0. The number of aryl methyl sites for hydroxylation is 2. The van der Waals surface area contributed by atoms with E-state index in [1.807, 2.05) is 53.1 Å². The number of nitrogens with one attached hydrogen (secondary N) is 1. The van der Waals surface area contributed by atoms with Gasteiger partial charge >= 0.3 is 0 Å². The first-order chi connectivity index (χ1) is 24.0. The van der Waals surface area contributed by atoms with Crippen LogP contribution >= 0.6 is 0 Å². The van der Waals surface area contributed by atoms with E-state index in [0.717, 1.165) is 54.6 Å². The van der Waals surface area contributed by atoms with Gasteiger partial charge in [-0.3, -0.25) is 24.1 Å². The number of carbonyl (C=O) groups excluding carboxylic acids is 1. The van der Waals surface area contributed by atoms with E-state index in [4.69, 9.17) is 4.98 Å². The Morgan fingerprint density at radius 2 is 1.78 bits per heavy atom. The lowest BCUT2D eigenvalue weighted by Crippen LogP contribution is -2.51. The van der Waals surface area contributed by atoms with Gasteiger partial charge in [0.15, 0.2) is 5.65 Å². The van der Waals surface area contributed by atoms with Gasteiger partial charge in [0.25, 0.3) is 0 Å². The van der Waals surface area contributed by atoms with Crippen molar-refractivity contribution >= 4 is 11.6 Å². The molecule has 4 atom stereocenters. The zero-order valence-corrected chi connectivity index (χ0v) is 28.1. The number of rotatable bonds is 15. The molecular weight excluding hydrogens is 616 g/mol. The van der Waals surface area contributed by atoms with Crippen LogP contribution in [0.15, 0.2) is 79.6 Å². The number of aliphatic hydroxyl groups excluding tert-OH is 2. The molecule has 3 N–H and O–H groups in total. The second kappa shape index (κ2) is 16.7. The monoisotopic (exact) mass is 662 g/mol. The molecule has 0 aromatic carbocycles. The lowest BCUT2D eigenvalue weighted by Gasteiger charge is -2.33. The van der Waals surface area contributed by atoms with Crippen LogP contribution in [-0.2, 0) is 24.1 Å². The molecule has 5 aromatic heterocycles. The van der Waals surface area contributed by atoms with Crippen molar-refractivity contribution in [3.05, 3.63) is 102 Å². The molecule has 1 amide bonds. The number of aliphatic hydroxyl groups is 2. The third kappa shape index (κ3) is 8.71. The highest BCUT2D eigenvalue weighted by molar-refractivity contribution is 5.83. The molecule has 49 heavy (non-hydrogen) atoms. The van der Waals surface area contributed by atoms with Gasteiger partial charge in [-0.05, 0) is 73.9 Å². The highest BCUT2D eigenvalue weighted by Gasteiger charge is 2.35. The summed E-state index contributed by atoms with van der Waals surface area (Å²) in [6, 6.07) is 12.6. The highest BCUT2D eigenvalue weighted by atomic mass is 16.3. The first kappa shape index (κ1) is 34.3. The van der Waals surface area contributed by atoms with Crippen LogP contribution in [0.3, 0.4) is 0 Å². The minimum Gasteiger partial charge on any atom is -0.390 e. The van der Waals surface area contributed by atoms with Crippen molar-refractivity contribution in [3.63, 3.8) is 0 Å². The minimum atomic E-state index is -1.15. The Kier molecular flexibility index (Phi) is 11.7. The Hall–Kier alpha value is -4.61. The lowest BCUT2D eigenvalue weighted by molar-refractivity contribution is -0.125. The summed E-state index contributed by atoms with van der Waals surface area (Å²) in [6.45, 7) is 2.09. The van der Waals surface area contributed by atoms with E-state index in [-0.39, 0.29) is 5.91 Å². The topological polar surface area (TPSA) is 151 Å². The maximum atomic E-state index is 14.6. The molecule has 1 aliphatic rings. The summed E-state index contributed by atoms with van der Waals surface area (Å²) in [5, 5.41) is 35.2. The van der Waals surface area contributed by atoms with E-state index in [1.165, 1.54) is 6.42 Å². The van der Waals surface area contributed by atoms with Crippen LogP contribution in [0.25, 0.3) is 16.9 Å². The van der Waals surface area contributed by atoms with E-state index in [2.05, 4.69) is 37.4 Å². The van der Waals surface area contributed by atoms with Gasteiger partial charge in [0.2, 0.25) is 5.91 Å². The Balaban J connectivity index is 1.33. The summed E-state index contributed by atoms with van der Waals surface area (Å²) in [6.07, 6.45) is 17.2. The fourth-order valence-corrected chi connectivity index (χ4v) is 6.95. The van der Waals surface area contributed by atoms with Crippen LogP contribution < -0.4 is 5.32 Å². The van der Waals surface area contributed by atoms with Gasteiger partial charge in [-0.25, -0.2) is 4.98 Å². The number of pyridine rings is 3. The minimum absolute atomic E-state index is 0.285. The van der Waals surface area contributed by atoms with Crippen LogP contribution in [0.1, 0.15) is 87.0 Å². The van der Waals surface area contributed by atoms with E-state index >= 15 is 0 Å². The number of aromatic nitrogens is 7. The zero-order chi connectivity index (χ0) is 34.0. The maximum Gasteiger partial charge on any atom is 0.231 e. The average Bonchev–Trinajstić information content (AvgIpc) is 3.58. The summed E-state index contributed by atoms with van der Waals surface area (Å²) in [5.74, 6) is -0.216. The molecule has 11 nitrogen and oxygen atoms in total. The molecule has 0 radical (unpaired) electrons. The van der Waals surface area contributed by atoms with Gasteiger partial charge in [0, 0.05) is 48.4 Å². The Labute approximate surface area is 287 Å². The molecule has 1 saturated carbocycles. The standard InChI is InChI=1S/C38H46N8O3/c1-2-10-31-37-45-44-36(46(37)25-33(42-31)28-14-9-19-40-24-28)30(21-27-13-8-18-39-23-27)38(49)43-32(22-26-11-4-3-5-12-26)35(48)34(47)17-16-29-15-6-7-20-41-29/h6-9,13-15,18-20,23-26,30,32,34-35,47-48H,2-5,10-12,16-17,21-22H2,1H3,(H,43,49)/t30?,32-,34-,35+/m0/s1. The van der Waals surface area contributed by atoms with E-state index in [1.54, 1.807) is 31.0 Å². The highest BCUT2D eigenvalue weighted by Crippen LogP contribution is 2.30. The third-order valence-electron chi connectivity index (χ3n) is 9.59. The molecule has 1 fully saturated rings. The number of fused-ring (bicyclic) bond motifs is 1. The summed E-state index contributed by atoms with van der Waals surface area (Å²) in [7, 11) is 0. The van der Waals surface area contributed by atoms with Crippen molar-refractivity contribution in [1.82, 2.24) is 39.9 Å². The van der Waals surface area contributed by atoms with Crippen molar-refractivity contribution in [2.24, 2.45) is 5.92 Å². The number of nitrogens with zero attached hydrogens (tertiary/aromatic N) is 7. The largest absolute Gasteiger partial charge is 0.390 e. The van der Waals surface area contributed by atoms with Crippen LogP contribution in [0, 0.1) is 5.92 Å². The molecule has 11 heteroatoms. The summed E-state index contributed by atoms with van der Waals surface area (Å²) in [5.41, 5.74) is 4.69. The van der Waals surface area contributed by atoms with Gasteiger partial charge in [0.05, 0.1) is 23.5 Å². The van der Waals surface area contributed by atoms with Crippen molar-refractivity contribution in [1.29, 1.82) is 0 Å². The number of hydrogen-bond acceptors (Lipinski definition) is 9. The number of hydrogen-bond donors (Lipinski definition) is 3. The summed E-state index contributed by atoms with van der Waals surface area (Å²) < 4.78 is 1.88. The quantitative estimate of drug-likeness (QED) is 0.140. The SMILES string of the molecule is CCCc1nc(-c2cccnc2)cn2c(C(Cc3cccnc3)C(=O)N[C@@H](CC3CCCCC3)[C@@H](O)[C@@H](O)CCc3ccccn3)nnc12. The molecule has 0 aliphatic heterocycles. The van der Waals surface area contributed by atoms with Gasteiger partial charge < -0.3 is 15.5 Å². The molecule has 5 aromatic rings. The predicted molar refractivity (Wildman–Crippen MR) is 186 cm³/mol. The molecule has 1 unspecified atom stereocenters.